The van der Waals surface area contributed by atoms with Crippen molar-refractivity contribution < 1.29 is 33.1 Å². The molecule has 2 aromatic carbocycles. The van der Waals surface area contributed by atoms with Crippen LogP contribution in [0.2, 0.25) is 0 Å². The number of likely N-dealkylation sites (N-methyl/N-ethyl adjacent to an activating group) is 1. The summed E-state index contributed by atoms with van der Waals surface area (Å²) in [5.41, 5.74) is 1.75. The van der Waals surface area contributed by atoms with E-state index in [1.165, 1.54) is 13.4 Å². The molecule has 12 heteroatoms. The molecule has 3 heterocycles. The highest BCUT2D eigenvalue weighted by atomic mass is 16.5. The number of benzene rings is 2. The fraction of sp³-hybridized carbons (Fsp3) is 0.472. The zero-order valence-electron chi connectivity index (χ0n) is 28.2. The van der Waals surface area contributed by atoms with Crippen LogP contribution in [0.1, 0.15) is 59.0 Å². The topological polar surface area (TPSA) is 143 Å². The van der Waals surface area contributed by atoms with Gasteiger partial charge in [-0.2, -0.15) is 0 Å². The number of fused-ring (bicyclic) bond motifs is 1. The number of amides is 4. The molecule has 12 nitrogen and oxygen atoms in total. The zero-order valence-corrected chi connectivity index (χ0v) is 28.2. The van der Waals surface area contributed by atoms with Crippen molar-refractivity contribution in [2.75, 3.05) is 40.3 Å². The number of aryl methyl sites for hydroxylation is 2. The molecule has 1 aromatic heterocycles. The summed E-state index contributed by atoms with van der Waals surface area (Å²) in [7, 11) is 3.08. The Kier molecular flexibility index (Phi) is 11.0. The van der Waals surface area contributed by atoms with Gasteiger partial charge in [0, 0.05) is 45.7 Å². The first-order valence-electron chi connectivity index (χ1n) is 16.5. The third kappa shape index (κ3) is 7.98. The van der Waals surface area contributed by atoms with Gasteiger partial charge < -0.3 is 34.3 Å². The van der Waals surface area contributed by atoms with Crippen LogP contribution in [-0.2, 0) is 16.0 Å². The van der Waals surface area contributed by atoms with Crippen molar-refractivity contribution >= 4 is 23.6 Å². The molecule has 3 aromatic rings. The Morgan fingerprint density at radius 3 is 2.35 bits per heavy atom. The van der Waals surface area contributed by atoms with Crippen molar-refractivity contribution in [3.63, 3.8) is 0 Å². The van der Waals surface area contributed by atoms with E-state index in [2.05, 4.69) is 15.6 Å². The lowest BCUT2D eigenvalue weighted by Gasteiger charge is -2.39. The third-order valence-corrected chi connectivity index (χ3v) is 9.08. The van der Waals surface area contributed by atoms with E-state index in [0.29, 0.717) is 55.4 Å². The predicted molar refractivity (Wildman–Crippen MR) is 178 cm³/mol. The van der Waals surface area contributed by atoms with Crippen LogP contribution in [-0.4, -0.2) is 90.9 Å². The quantitative estimate of drug-likeness (QED) is 0.301. The molecule has 2 N–H and O–H groups in total. The number of carbonyl (C=O) groups is 4. The van der Waals surface area contributed by atoms with E-state index in [1.807, 2.05) is 44.2 Å². The lowest BCUT2D eigenvalue weighted by Crippen LogP contribution is -2.56. The molecular formula is C36H45N5O7. The number of piperidine rings is 1. The van der Waals surface area contributed by atoms with Gasteiger partial charge >= 0.3 is 0 Å². The highest BCUT2D eigenvalue weighted by molar-refractivity contribution is 5.96. The maximum atomic E-state index is 14.1. The van der Waals surface area contributed by atoms with Crippen LogP contribution in [0.25, 0.3) is 0 Å². The van der Waals surface area contributed by atoms with Gasteiger partial charge in [0.1, 0.15) is 12.3 Å². The number of nitrogens with zero attached hydrogens (tertiary/aromatic N) is 3. The van der Waals surface area contributed by atoms with Crippen LogP contribution in [0.5, 0.6) is 11.5 Å². The number of likely N-dealkylation sites (tertiary alicyclic amines) is 2. The van der Waals surface area contributed by atoms with Gasteiger partial charge in [0.2, 0.25) is 11.8 Å². The van der Waals surface area contributed by atoms with Gasteiger partial charge in [-0.15, -0.1) is 0 Å². The second-order valence-electron chi connectivity index (χ2n) is 12.8. The molecule has 48 heavy (non-hydrogen) atoms. The van der Waals surface area contributed by atoms with Crippen molar-refractivity contribution in [3.05, 3.63) is 77.5 Å². The molecule has 0 spiro atoms. The average molecular weight is 660 g/mol. The molecule has 4 amide bonds. The Hall–Kier alpha value is -4.87. The summed E-state index contributed by atoms with van der Waals surface area (Å²) in [6, 6.07) is 14.3. The molecule has 0 bridgehead atoms. The standard InChI is InChI=1S/C36H45N5O7/c1-22(2)48-31-15-14-25(16-32(31)46-5)35(44)40-17-26-18-41(36(45)30-21-47-23(3)38-30)20-28(27(26)19-40)33(42)39-29(34(43)37-4)13-9-12-24-10-7-6-8-11-24/h6-8,10-11,14-16,21-22,26-29H,9,12-13,17-20H2,1-5H3,(H,37,43)(H,39,42)/t26?,27?,28?,29-/m0/s1. The number of rotatable bonds is 12. The lowest BCUT2D eigenvalue weighted by atomic mass is 9.79. The normalized spacial score (nSPS) is 19.4. The smallest absolute Gasteiger partial charge is 0.275 e. The number of methoxy groups -OCH3 is 1. The highest BCUT2D eigenvalue weighted by Gasteiger charge is 2.48. The van der Waals surface area contributed by atoms with Crippen LogP contribution in [0.3, 0.4) is 0 Å². The SMILES string of the molecule is CNC(=O)[C@H](CCCc1ccccc1)NC(=O)C1CN(C(=O)c2coc(C)n2)CC2CN(C(=O)c3ccc(OC(C)C)c(OC)c3)CC21. The minimum Gasteiger partial charge on any atom is -0.493 e. The average Bonchev–Trinajstić information content (AvgIpc) is 3.73. The van der Waals surface area contributed by atoms with Crippen LogP contribution >= 0.6 is 0 Å². The van der Waals surface area contributed by atoms with Crippen molar-refractivity contribution in [2.45, 2.75) is 52.2 Å². The van der Waals surface area contributed by atoms with E-state index < -0.39 is 12.0 Å². The molecule has 0 saturated carbocycles. The Morgan fingerprint density at radius 1 is 0.979 bits per heavy atom. The first-order chi connectivity index (χ1) is 23.1. The second kappa shape index (κ2) is 15.4. The zero-order chi connectivity index (χ0) is 34.4. The monoisotopic (exact) mass is 659 g/mol. The summed E-state index contributed by atoms with van der Waals surface area (Å²) >= 11 is 0. The van der Waals surface area contributed by atoms with Gasteiger partial charge in [-0.3, -0.25) is 19.2 Å². The van der Waals surface area contributed by atoms with Crippen molar-refractivity contribution in [1.82, 2.24) is 25.4 Å². The molecule has 256 valence electrons. The lowest BCUT2D eigenvalue weighted by molar-refractivity contribution is -0.133. The van der Waals surface area contributed by atoms with Crippen LogP contribution in [0.15, 0.2) is 59.2 Å². The summed E-state index contributed by atoms with van der Waals surface area (Å²) in [6.45, 7) is 6.65. The van der Waals surface area contributed by atoms with Gasteiger partial charge in [-0.25, -0.2) is 4.98 Å². The Balaban J connectivity index is 1.35. The molecular weight excluding hydrogens is 614 g/mol. The Labute approximate surface area is 281 Å². The summed E-state index contributed by atoms with van der Waals surface area (Å²) in [5, 5.41) is 5.67. The fourth-order valence-electron chi connectivity index (χ4n) is 6.72. The van der Waals surface area contributed by atoms with E-state index >= 15 is 0 Å². The van der Waals surface area contributed by atoms with E-state index in [-0.39, 0.29) is 53.8 Å². The molecule has 5 rings (SSSR count). The van der Waals surface area contributed by atoms with Crippen LogP contribution in [0.4, 0.5) is 0 Å². The maximum Gasteiger partial charge on any atom is 0.275 e. The summed E-state index contributed by atoms with van der Waals surface area (Å²) in [5.74, 6) is -0.834. The van der Waals surface area contributed by atoms with Crippen molar-refractivity contribution in [2.24, 2.45) is 17.8 Å². The third-order valence-electron chi connectivity index (χ3n) is 9.08. The number of aromatic nitrogens is 1. The Bertz CT molecular complexity index is 1610. The number of ether oxygens (including phenoxy) is 2. The minimum atomic E-state index is -0.743. The molecule has 2 saturated heterocycles. The van der Waals surface area contributed by atoms with E-state index in [4.69, 9.17) is 13.9 Å². The summed E-state index contributed by atoms with van der Waals surface area (Å²) in [4.78, 5) is 61.9. The highest BCUT2D eigenvalue weighted by Crippen LogP contribution is 2.37. The van der Waals surface area contributed by atoms with E-state index in [9.17, 15) is 19.2 Å². The van der Waals surface area contributed by atoms with Crippen LogP contribution in [0, 0.1) is 24.7 Å². The number of hydrogen-bond acceptors (Lipinski definition) is 8. The molecule has 0 aliphatic carbocycles. The van der Waals surface area contributed by atoms with E-state index in [0.717, 1.165) is 12.0 Å². The molecule has 3 unspecified atom stereocenters. The van der Waals surface area contributed by atoms with Gasteiger partial charge in [0.25, 0.3) is 11.8 Å². The maximum absolute atomic E-state index is 14.1. The number of oxazole rings is 1. The number of nitrogens with one attached hydrogen (secondary N) is 2. The molecule has 0 radical (unpaired) electrons. The molecule has 2 aliphatic rings. The molecule has 2 aliphatic heterocycles. The van der Waals surface area contributed by atoms with Gasteiger partial charge in [-0.1, -0.05) is 30.3 Å². The van der Waals surface area contributed by atoms with Crippen molar-refractivity contribution in [3.8, 4) is 11.5 Å². The summed E-state index contributed by atoms with van der Waals surface area (Å²) < 4.78 is 16.6. The van der Waals surface area contributed by atoms with Crippen LogP contribution < -0.4 is 20.1 Å². The second-order valence-corrected chi connectivity index (χ2v) is 12.8. The molecule has 2 fully saturated rings. The van der Waals surface area contributed by atoms with E-state index in [1.54, 1.807) is 42.0 Å². The number of hydrogen-bond donors (Lipinski definition) is 2. The number of carbonyl (C=O) groups excluding carboxylic acids is 4. The minimum absolute atomic E-state index is 0.0658. The van der Waals surface area contributed by atoms with Gasteiger partial charge in [0.15, 0.2) is 23.1 Å². The first kappa shape index (κ1) is 34.5. The first-order valence-corrected chi connectivity index (χ1v) is 16.5. The predicted octanol–water partition coefficient (Wildman–Crippen LogP) is 3.49. The van der Waals surface area contributed by atoms with Crippen molar-refractivity contribution in [1.29, 1.82) is 0 Å². The van der Waals surface area contributed by atoms with Gasteiger partial charge in [-0.05, 0) is 68.7 Å². The Morgan fingerprint density at radius 2 is 1.71 bits per heavy atom. The van der Waals surface area contributed by atoms with Gasteiger partial charge in [0.05, 0.1) is 19.1 Å². The summed E-state index contributed by atoms with van der Waals surface area (Å²) in [6.07, 6.45) is 3.17. The molecule has 4 atom stereocenters. The fourth-order valence-corrected chi connectivity index (χ4v) is 6.72. The largest absolute Gasteiger partial charge is 0.493 e.